The first-order valence-corrected chi connectivity index (χ1v) is 7.84. The Morgan fingerprint density at radius 1 is 1.21 bits per heavy atom. The predicted octanol–water partition coefficient (Wildman–Crippen LogP) is 2.69. The number of hydrogen-bond donors (Lipinski definition) is 1. The van der Waals surface area contributed by atoms with Crippen molar-refractivity contribution < 1.29 is 19.1 Å². The SMILES string of the molecule is CC(C)Oc1ccc(C(=O)OCC(=O)N[C@@](C)(C#N)C(C)C)cc1. The third-order valence-corrected chi connectivity index (χ3v) is 3.58. The van der Waals surface area contributed by atoms with Crippen LogP contribution in [0, 0.1) is 17.2 Å². The topological polar surface area (TPSA) is 88.4 Å². The average Bonchev–Trinajstić information content (AvgIpc) is 2.52. The molecular formula is C18H24N2O4. The Labute approximate surface area is 142 Å². The molecule has 0 aliphatic rings. The molecule has 0 aliphatic carbocycles. The fourth-order valence-corrected chi connectivity index (χ4v) is 1.78. The molecule has 1 amide bonds. The summed E-state index contributed by atoms with van der Waals surface area (Å²) in [4.78, 5) is 23.8. The smallest absolute Gasteiger partial charge is 0.338 e. The lowest BCUT2D eigenvalue weighted by molar-refractivity contribution is -0.125. The van der Waals surface area contributed by atoms with Gasteiger partial charge in [-0.3, -0.25) is 4.79 Å². The zero-order valence-electron chi connectivity index (χ0n) is 14.8. The number of hydrogen-bond acceptors (Lipinski definition) is 5. The van der Waals surface area contributed by atoms with Gasteiger partial charge in [0.15, 0.2) is 6.61 Å². The monoisotopic (exact) mass is 332 g/mol. The molecule has 1 N–H and O–H groups in total. The molecule has 1 aromatic carbocycles. The summed E-state index contributed by atoms with van der Waals surface area (Å²) in [6, 6.07) is 8.55. The van der Waals surface area contributed by atoms with Crippen molar-refractivity contribution in [3.8, 4) is 11.8 Å². The number of rotatable bonds is 7. The highest BCUT2D eigenvalue weighted by atomic mass is 16.5. The van der Waals surface area contributed by atoms with Gasteiger partial charge in [0.05, 0.1) is 17.7 Å². The molecule has 0 bridgehead atoms. The van der Waals surface area contributed by atoms with E-state index in [4.69, 9.17) is 14.7 Å². The zero-order valence-corrected chi connectivity index (χ0v) is 14.8. The maximum Gasteiger partial charge on any atom is 0.338 e. The van der Waals surface area contributed by atoms with Crippen LogP contribution in [0.15, 0.2) is 24.3 Å². The van der Waals surface area contributed by atoms with Crippen LogP contribution in [0.5, 0.6) is 5.75 Å². The minimum Gasteiger partial charge on any atom is -0.491 e. The first kappa shape index (κ1) is 19.5. The number of esters is 1. The van der Waals surface area contributed by atoms with Crippen molar-refractivity contribution in [2.45, 2.75) is 46.3 Å². The highest BCUT2D eigenvalue weighted by Gasteiger charge is 2.30. The minimum atomic E-state index is -1.00. The molecule has 1 rings (SSSR count). The van der Waals surface area contributed by atoms with Crippen molar-refractivity contribution in [3.63, 3.8) is 0 Å². The summed E-state index contributed by atoms with van der Waals surface area (Å²) in [6.07, 6.45) is 0.0434. The van der Waals surface area contributed by atoms with E-state index in [1.807, 2.05) is 27.7 Å². The molecule has 24 heavy (non-hydrogen) atoms. The second-order valence-corrected chi connectivity index (χ2v) is 6.28. The summed E-state index contributed by atoms with van der Waals surface area (Å²) in [5.74, 6) is -0.540. The third kappa shape index (κ3) is 5.58. The van der Waals surface area contributed by atoms with E-state index < -0.39 is 24.0 Å². The van der Waals surface area contributed by atoms with Crippen LogP contribution < -0.4 is 10.1 Å². The third-order valence-electron chi connectivity index (χ3n) is 3.58. The molecule has 1 atom stereocenters. The van der Waals surface area contributed by atoms with Gasteiger partial charge in [0.25, 0.3) is 5.91 Å². The molecule has 0 saturated heterocycles. The first-order valence-electron chi connectivity index (χ1n) is 7.84. The van der Waals surface area contributed by atoms with Gasteiger partial charge in [0, 0.05) is 0 Å². The van der Waals surface area contributed by atoms with Gasteiger partial charge in [-0.1, -0.05) is 13.8 Å². The fourth-order valence-electron chi connectivity index (χ4n) is 1.78. The Kier molecular flexibility index (Phi) is 6.78. The number of nitrogens with one attached hydrogen (secondary N) is 1. The van der Waals surface area contributed by atoms with E-state index in [0.717, 1.165) is 0 Å². The van der Waals surface area contributed by atoms with E-state index in [-0.39, 0.29) is 12.0 Å². The molecule has 6 nitrogen and oxygen atoms in total. The van der Waals surface area contributed by atoms with E-state index in [1.165, 1.54) is 0 Å². The van der Waals surface area contributed by atoms with E-state index in [0.29, 0.717) is 11.3 Å². The van der Waals surface area contributed by atoms with Crippen molar-refractivity contribution in [2.75, 3.05) is 6.61 Å². The Bertz CT molecular complexity index is 617. The number of nitrogens with zero attached hydrogens (tertiary/aromatic N) is 1. The zero-order chi connectivity index (χ0) is 18.3. The number of nitriles is 1. The van der Waals surface area contributed by atoms with Crippen LogP contribution in [0.3, 0.4) is 0 Å². The lowest BCUT2D eigenvalue weighted by Gasteiger charge is -2.27. The van der Waals surface area contributed by atoms with Crippen molar-refractivity contribution in [3.05, 3.63) is 29.8 Å². The fraction of sp³-hybridized carbons (Fsp3) is 0.500. The first-order chi connectivity index (χ1) is 11.2. The van der Waals surface area contributed by atoms with E-state index in [9.17, 15) is 9.59 Å². The van der Waals surface area contributed by atoms with Crippen LogP contribution in [-0.2, 0) is 9.53 Å². The highest BCUT2D eigenvalue weighted by molar-refractivity contribution is 5.91. The van der Waals surface area contributed by atoms with Crippen molar-refractivity contribution in [1.82, 2.24) is 5.32 Å². The second-order valence-electron chi connectivity index (χ2n) is 6.28. The summed E-state index contributed by atoms with van der Waals surface area (Å²) < 4.78 is 10.5. The van der Waals surface area contributed by atoms with Crippen molar-refractivity contribution in [1.29, 1.82) is 5.26 Å². The lowest BCUT2D eigenvalue weighted by Crippen LogP contribution is -2.50. The van der Waals surface area contributed by atoms with Gasteiger partial charge in [-0.25, -0.2) is 4.79 Å². The minimum absolute atomic E-state index is 0.0434. The summed E-state index contributed by atoms with van der Waals surface area (Å²) in [7, 11) is 0. The van der Waals surface area contributed by atoms with Gasteiger partial charge in [0.1, 0.15) is 11.3 Å². The largest absolute Gasteiger partial charge is 0.491 e. The van der Waals surface area contributed by atoms with Crippen LogP contribution in [-0.4, -0.2) is 30.1 Å². The summed E-state index contributed by atoms with van der Waals surface area (Å²) in [6.45, 7) is 8.67. The molecule has 0 spiro atoms. The van der Waals surface area contributed by atoms with Gasteiger partial charge in [-0.2, -0.15) is 5.26 Å². The van der Waals surface area contributed by atoms with Crippen molar-refractivity contribution in [2.24, 2.45) is 5.92 Å². The van der Waals surface area contributed by atoms with Gasteiger partial charge in [0.2, 0.25) is 0 Å². The Morgan fingerprint density at radius 3 is 2.25 bits per heavy atom. The van der Waals surface area contributed by atoms with E-state index >= 15 is 0 Å². The van der Waals surface area contributed by atoms with Crippen LogP contribution in [0.25, 0.3) is 0 Å². The number of amides is 1. The maximum atomic E-state index is 11.9. The summed E-state index contributed by atoms with van der Waals surface area (Å²) in [5, 5.41) is 11.7. The van der Waals surface area contributed by atoms with Gasteiger partial charge >= 0.3 is 5.97 Å². The second kappa shape index (κ2) is 8.34. The van der Waals surface area contributed by atoms with Crippen LogP contribution in [0.2, 0.25) is 0 Å². The normalized spacial score (nSPS) is 13.1. The van der Waals surface area contributed by atoms with Gasteiger partial charge < -0.3 is 14.8 Å². The van der Waals surface area contributed by atoms with Gasteiger partial charge in [-0.15, -0.1) is 0 Å². The average molecular weight is 332 g/mol. The summed E-state index contributed by atoms with van der Waals surface area (Å²) >= 11 is 0. The molecule has 0 heterocycles. The molecule has 0 aromatic heterocycles. The van der Waals surface area contributed by atoms with Gasteiger partial charge in [-0.05, 0) is 51.0 Å². The van der Waals surface area contributed by atoms with Crippen molar-refractivity contribution >= 4 is 11.9 Å². The maximum absolute atomic E-state index is 11.9. The van der Waals surface area contributed by atoms with Crippen LogP contribution >= 0.6 is 0 Å². The quantitative estimate of drug-likeness (QED) is 0.776. The van der Waals surface area contributed by atoms with Crippen LogP contribution in [0.4, 0.5) is 0 Å². The van der Waals surface area contributed by atoms with E-state index in [1.54, 1.807) is 31.2 Å². The molecule has 1 aromatic rings. The number of carbonyl (C=O) groups is 2. The van der Waals surface area contributed by atoms with E-state index in [2.05, 4.69) is 11.4 Å². The molecule has 0 aliphatic heterocycles. The molecule has 130 valence electrons. The molecule has 0 unspecified atom stereocenters. The lowest BCUT2D eigenvalue weighted by atomic mass is 9.90. The highest BCUT2D eigenvalue weighted by Crippen LogP contribution is 2.16. The number of carbonyl (C=O) groups excluding carboxylic acids is 2. The molecule has 0 saturated carbocycles. The molecule has 0 fully saturated rings. The molecule has 0 radical (unpaired) electrons. The standard InChI is InChI=1S/C18H24N2O4/c1-12(2)18(5,11-19)20-16(21)10-23-17(22)14-6-8-15(9-7-14)24-13(3)4/h6-9,12-13H,10H2,1-5H3,(H,20,21)/t18-/m0/s1. The number of ether oxygens (including phenoxy) is 2. The Balaban J connectivity index is 2.57. The molecule has 6 heteroatoms. The number of benzene rings is 1. The Morgan fingerprint density at radius 2 is 1.79 bits per heavy atom. The Hall–Kier alpha value is -2.55. The molecular weight excluding hydrogens is 308 g/mol. The summed E-state index contributed by atoms with van der Waals surface area (Å²) in [5.41, 5.74) is -0.676. The predicted molar refractivity (Wildman–Crippen MR) is 89.5 cm³/mol. The van der Waals surface area contributed by atoms with Crippen LogP contribution in [0.1, 0.15) is 45.0 Å².